The Morgan fingerprint density at radius 3 is 2.71 bits per heavy atom. The number of methoxy groups -OCH3 is 1. The van der Waals surface area contributed by atoms with E-state index in [9.17, 15) is 4.79 Å². The maximum atomic E-state index is 12.0. The fourth-order valence-corrected chi connectivity index (χ4v) is 2.46. The Kier molecular flexibility index (Phi) is 4.67. The molecule has 0 saturated carbocycles. The Hall–Kier alpha value is -1.82. The van der Waals surface area contributed by atoms with E-state index in [0.717, 1.165) is 29.8 Å². The number of fused-ring (bicyclic) bond motifs is 1. The van der Waals surface area contributed by atoms with Gasteiger partial charge in [-0.05, 0) is 36.7 Å². The lowest BCUT2D eigenvalue weighted by molar-refractivity contribution is -0.118. The first-order valence-electron chi connectivity index (χ1n) is 6.89. The molecule has 2 rings (SSSR count). The van der Waals surface area contributed by atoms with Gasteiger partial charge in [-0.3, -0.25) is 4.79 Å². The average Bonchev–Trinajstić information content (AvgIpc) is 2.58. The molecule has 0 bridgehead atoms. The van der Waals surface area contributed by atoms with E-state index in [1.807, 2.05) is 38.2 Å². The number of nitrogens with zero attached hydrogens (tertiary/aromatic N) is 2. The van der Waals surface area contributed by atoms with Gasteiger partial charge in [-0.1, -0.05) is 0 Å². The molecule has 0 aromatic heterocycles. The van der Waals surface area contributed by atoms with Crippen molar-refractivity contribution in [3.8, 4) is 5.75 Å². The summed E-state index contributed by atoms with van der Waals surface area (Å²) in [6, 6.07) is 3.93. The van der Waals surface area contributed by atoms with Gasteiger partial charge < -0.3 is 19.9 Å². The van der Waals surface area contributed by atoms with E-state index in [0.29, 0.717) is 17.3 Å². The Balaban J connectivity index is 2.42. The van der Waals surface area contributed by atoms with Crippen molar-refractivity contribution in [2.24, 2.45) is 0 Å². The Morgan fingerprint density at radius 1 is 1.38 bits per heavy atom. The molecular weight excluding hydrogens is 286 g/mol. The highest BCUT2D eigenvalue weighted by Crippen LogP contribution is 2.36. The molecular formula is C15H21N3O2S. The SMILES string of the molecule is COc1cc2c(cc1NC(=S)N(C)C)CCCC(=O)N2C. The van der Waals surface area contributed by atoms with Crippen molar-refractivity contribution in [1.82, 2.24) is 4.90 Å². The lowest BCUT2D eigenvalue weighted by Crippen LogP contribution is -2.27. The average molecular weight is 307 g/mol. The first-order chi connectivity index (χ1) is 9.93. The quantitative estimate of drug-likeness (QED) is 0.849. The van der Waals surface area contributed by atoms with Crippen LogP contribution in [0.4, 0.5) is 11.4 Å². The van der Waals surface area contributed by atoms with Crippen LogP contribution < -0.4 is 15.0 Å². The van der Waals surface area contributed by atoms with Gasteiger partial charge >= 0.3 is 0 Å². The second-order valence-electron chi connectivity index (χ2n) is 5.31. The number of rotatable bonds is 2. The van der Waals surface area contributed by atoms with Crippen LogP contribution in [0.3, 0.4) is 0 Å². The topological polar surface area (TPSA) is 44.8 Å². The van der Waals surface area contributed by atoms with Gasteiger partial charge in [-0.15, -0.1) is 0 Å². The molecule has 0 radical (unpaired) electrons. The summed E-state index contributed by atoms with van der Waals surface area (Å²) >= 11 is 5.29. The summed E-state index contributed by atoms with van der Waals surface area (Å²) < 4.78 is 5.44. The van der Waals surface area contributed by atoms with Gasteiger partial charge in [-0.25, -0.2) is 0 Å². The number of nitrogens with one attached hydrogen (secondary N) is 1. The minimum absolute atomic E-state index is 0.139. The number of thiocarbonyl (C=S) groups is 1. The normalized spacial score (nSPS) is 14.3. The Bertz CT molecular complexity index is 572. The highest BCUT2D eigenvalue weighted by atomic mass is 32.1. The third-order valence-electron chi connectivity index (χ3n) is 3.62. The second kappa shape index (κ2) is 6.30. The number of ether oxygens (including phenoxy) is 1. The van der Waals surface area contributed by atoms with Gasteiger partial charge in [0, 0.05) is 33.6 Å². The molecule has 6 heteroatoms. The predicted octanol–water partition coefficient (Wildman–Crippen LogP) is 2.25. The van der Waals surface area contributed by atoms with Crippen LogP contribution in [0.1, 0.15) is 18.4 Å². The summed E-state index contributed by atoms with van der Waals surface area (Å²) in [5, 5.41) is 3.80. The number of anilines is 2. The maximum absolute atomic E-state index is 12.0. The van der Waals surface area contributed by atoms with E-state index in [2.05, 4.69) is 5.32 Å². The largest absolute Gasteiger partial charge is 0.494 e. The second-order valence-corrected chi connectivity index (χ2v) is 5.70. The van der Waals surface area contributed by atoms with E-state index in [4.69, 9.17) is 17.0 Å². The molecule has 0 fully saturated rings. The first kappa shape index (κ1) is 15.6. The van der Waals surface area contributed by atoms with Crippen LogP contribution in [0.5, 0.6) is 5.75 Å². The molecule has 1 N–H and O–H groups in total. The Labute approximate surface area is 130 Å². The van der Waals surface area contributed by atoms with Gasteiger partial charge in [-0.2, -0.15) is 0 Å². The molecule has 1 aromatic rings. The lowest BCUT2D eigenvalue weighted by Gasteiger charge is -2.22. The molecule has 1 aliphatic heterocycles. The van der Waals surface area contributed by atoms with Crippen LogP contribution in [0.15, 0.2) is 12.1 Å². The first-order valence-corrected chi connectivity index (χ1v) is 7.30. The van der Waals surface area contributed by atoms with Crippen molar-refractivity contribution in [2.75, 3.05) is 38.5 Å². The molecule has 0 unspecified atom stereocenters. The van der Waals surface area contributed by atoms with E-state index in [1.54, 1.807) is 12.0 Å². The van der Waals surface area contributed by atoms with E-state index in [1.165, 1.54) is 0 Å². The fourth-order valence-electron chi connectivity index (χ4n) is 2.35. The predicted molar refractivity (Wildman–Crippen MR) is 89.2 cm³/mol. The molecule has 1 amide bonds. The molecule has 1 heterocycles. The van der Waals surface area contributed by atoms with Gasteiger partial charge in [0.05, 0.1) is 18.5 Å². The third-order valence-corrected chi connectivity index (χ3v) is 4.09. The summed E-state index contributed by atoms with van der Waals surface area (Å²) in [6.45, 7) is 0. The third kappa shape index (κ3) is 3.26. The molecule has 0 saturated heterocycles. The van der Waals surface area contributed by atoms with E-state index >= 15 is 0 Å². The highest BCUT2D eigenvalue weighted by Gasteiger charge is 2.21. The standard InChI is InChI=1S/C15H21N3O2S/c1-17(2)15(21)16-11-8-10-6-5-7-14(19)18(3)12(10)9-13(11)20-4/h8-9H,5-7H2,1-4H3,(H,16,21). The van der Waals surface area contributed by atoms with Crippen molar-refractivity contribution in [3.63, 3.8) is 0 Å². The Morgan fingerprint density at radius 2 is 2.10 bits per heavy atom. The van der Waals surface area contributed by atoms with E-state index in [-0.39, 0.29) is 5.91 Å². The zero-order chi connectivity index (χ0) is 15.6. The number of benzene rings is 1. The van der Waals surface area contributed by atoms with Crippen molar-refractivity contribution in [2.45, 2.75) is 19.3 Å². The summed E-state index contributed by atoms with van der Waals surface area (Å²) in [5.41, 5.74) is 2.88. The van der Waals surface area contributed by atoms with Crippen molar-refractivity contribution >= 4 is 34.6 Å². The van der Waals surface area contributed by atoms with Gasteiger partial charge in [0.25, 0.3) is 0 Å². The van der Waals surface area contributed by atoms with Crippen LogP contribution in [0.25, 0.3) is 0 Å². The molecule has 1 aliphatic rings. The molecule has 0 atom stereocenters. The maximum Gasteiger partial charge on any atom is 0.226 e. The molecule has 114 valence electrons. The minimum atomic E-state index is 0.139. The highest BCUT2D eigenvalue weighted by molar-refractivity contribution is 7.80. The molecule has 5 nitrogen and oxygen atoms in total. The zero-order valence-corrected chi connectivity index (χ0v) is 13.7. The summed E-state index contributed by atoms with van der Waals surface area (Å²) in [7, 11) is 7.20. The van der Waals surface area contributed by atoms with Gasteiger partial charge in [0.1, 0.15) is 5.75 Å². The van der Waals surface area contributed by atoms with Crippen LogP contribution in [-0.2, 0) is 11.2 Å². The number of aryl methyl sites for hydroxylation is 1. The monoisotopic (exact) mass is 307 g/mol. The van der Waals surface area contributed by atoms with Gasteiger partial charge in [0.2, 0.25) is 5.91 Å². The van der Waals surface area contributed by atoms with E-state index < -0.39 is 0 Å². The molecule has 1 aromatic carbocycles. The van der Waals surface area contributed by atoms with Crippen LogP contribution in [0, 0.1) is 0 Å². The fraction of sp³-hybridized carbons (Fsp3) is 0.467. The van der Waals surface area contributed by atoms with Gasteiger partial charge in [0.15, 0.2) is 5.11 Å². The summed E-state index contributed by atoms with van der Waals surface area (Å²) in [6.07, 6.45) is 2.31. The number of carbonyl (C=O) groups excluding carboxylic acids is 1. The van der Waals surface area contributed by atoms with Crippen LogP contribution >= 0.6 is 12.2 Å². The van der Waals surface area contributed by atoms with Crippen LogP contribution in [0.2, 0.25) is 0 Å². The number of hydrogen-bond acceptors (Lipinski definition) is 3. The molecule has 0 aliphatic carbocycles. The molecule has 21 heavy (non-hydrogen) atoms. The van der Waals surface area contributed by atoms with Crippen molar-refractivity contribution < 1.29 is 9.53 Å². The lowest BCUT2D eigenvalue weighted by atomic mass is 10.1. The summed E-state index contributed by atoms with van der Waals surface area (Å²) in [4.78, 5) is 15.5. The van der Waals surface area contributed by atoms with Crippen LogP contribution in [-0.4, -0.2) is 44.2 Å². The smallest absolute Gasteiger partial charge is 0.226 e. The van der Waals surface area contributed by atoms with Crippen molar-refractivity contribution in [3.05, 3.63) is 17.7 Å². The number of amides is 1. The summed E-state index contributed by atoms with van der Waals surface area (Å²) in [5.74, 6) is 0.819. The molecule has 0 spiro atoms. The van der Waals surface area contributed by atoms with Crippen molar-refractivity contribution in [1.29, 1.82) is 0 Å². The zero-order valence-electron chi connectivity index (χ0n) is 12.9. The number of carbonyl (C=O) groups is 1. The minimum Gasteiger partial charge on any atom is -0.494 e. The number of hydrogen-bond donors (Lipinski definition) is 1.